The van der Waals surface area contributed by atoms with Crippen LogP contribution in [0.25, 0.3) is 0 Å². The first-order valence-electron chi connectivity index (χ1n) is 10.0. The van der Waals surface area contributed by atoms with E-state index in [9.17, 15) is 13.2 Å². The number of hydrogen-bond donors (Lipinski definition) is 1. The van der Waals surface area contributed by atoms with Crippen LogP contribution in [0.4, 0.5) is 0 Å². The number of carbonyl (C=O) groups excluding carboxylic acids is 1. The average Bonchev–Trinajstić information content (AvgIpc) is 2.72. The molecular formula is C20H28N2O6S. The van der Waals surface area contributed by atoms with Crippen molar-refractivity contribution in [3.63, 3.8) is 0 Å². The molecule has 3 heterocycles. The quantitative estimate of drug-likeness (QED) is 0.787. The molecule has 9 heteroatoms. The van der Waals surface area contributed by atoms with Gasteiger partial charge in [0.15, 0.2) is 11.5 Å². The van der Waals surface area contributed by atoms with Crippen LogP contribution in [0.3, 0.4) is 0 Å². The van der Waals surface area contributed by atoms with Crippen LogP contribution in [-0.4, -0.2) is 64.4 Å². The molecule has 29 heavy (non-hydrogen) atoms. The van der Waals surface area contributed by atoms with E-state index in [1.807, 2.05) is 18.2 Å². The van der Waals surface area contributed by atoms with Crippen molar-refractivity contribution in [2.75, 3.05) is 39.6 Å². The van der Waals surface area contributed by atoms with Gasteiger partial charge in [-0.3, -0.25) is 4.79 Å². The number of fused-ring (bicyclic) bond motifs is 4. The minimum Gasteiger partial charge on any atom is -0.493 e. The number of piperidine rings is 1. The number of sulfonamides is 1. The molecule has 160 valence electrons. The zero-order valence-electron chi connectivity index (χ0n) is 16.8. The maximum absolute atomic E-state index is 12.4. The number of benzene rings is 1. The van der Waals surface area contributed by atoms with E-state index in [2.05, 4.69) is 4.72 Å². The van der Waals surface area contributed by atoms with E-state index < -0.39 is 15.6 Å². The van der Waals surface area contributed by atoms with Gasteiger partial charge in [0.05, 0.1) is 26.0 Å². The fourth-order valence-corrected chi connectivity index (χ4v) is 5.23. The van der Waals surface area contributed by atoms with Crippen LogP contribution >= 0.6 is 0 Å². The fraction of sp³-hybridized carbons (Fsp3) is 0.650. The van der Waals surface area contributed by atoms with E-state index in [4.69, 9.17) is 14.2 Å². The van der Waals surface area contributed by atoms with Crippen LogP contribution in [-0.2, 0) is 19.6 Å². The number of likely N-dealkylation sites (tertiary alicyclic amines) is 1. The van der Waals surface area contributed by atoms with Gasteiger partial charge >= 0.3 is 0 Å². The smallest absolute Gasteiger partial charge is 0.237 e. The van der Waals surface area contributed by atoms with Crippen molar-refractivity contribution in [2.45, 2.75) is 37.4 Å². The monoisotopic (exact) mass is 424 g/mol. The zero-order valence-corrected chi connectivity index (χ0v) is 17.7. The molecule has 8 nitrogen and oxygen atoms in total. The predicted octanol–water partition coefficient (Wildman–Crippen LogP) is 1.47. The van der Waals surface area contributed by atoms with Crippen molar-refractivity contribution >= 4 is 15.9 Å². The zero-order chi connectivity index (χ0) is 20.6. The Morgan fingerprint density at radius 3 is 2.79 bits per heavy atom. The molecule has 1 spiro atoms. The molecule has 0 aromatic heterocycles. The second kappa shape index (κ2) is 7.77. The van der Waals surface area contributed by atoms with Gasteiger partial charge in [0.25, 0.3) is 0 Å². The van der Waals surface area contributed by atoms with Crippen molar-refractivity contribution < 1.29 is 27.4 Å². The third-order valence-electron chi connectivity index (χ3n) is 6.29. The van der Waals surface area contributed by atoms with Crippen molar-refractivity contribution in [3.05, 3.63) is 23.8 Å². The first-order chi connectivity index (χ1) is 13.8. The fourth-order valence-electron chi connectivity index (χ4n) is 4.84. The van der Waals surface area contributed by atoms with Gasteiger partial charge in [-0.15, -0.1) is 0 Å². The summed E-state index contributed by atoms with van der Waals surface area (Å²) < 4.78 is 43.2. The summed E-state index contributed by atoms with van der Waals surface area (Å²) >= 11 is 0. The van der Waals surface area contributed by atoms with Crippen molar-refractivity contribution in [1.29, 1.82) is 0 Å². The Labute approximate surface area is 171 Å². The SMILES string of the molecule is COc1cccc2c1OC1(CCN(C(=O)CNS(C)(=O)=O)CC1)[C@H]1CCCO[C@H]21. The molecule has 3 aliphatic heterocycles. The van der Waals surface area contributed by atoms with E-state index in [0.29, 0.717) is 31.7 Å². The minimum atomic E-state index is -3.39. The third-order valence-corrected chi connectivity index (χ3v) is 6.96. The summed E-state index contributed by atoms with van der Waals surface area (Å²) in [5, 5.41) is 0. The number of carbonyl (C=O) groups is 1. The standard InChI is InChI=1S/C20H28N2O6S/c1-26-16-7-3-5-14-18-15(6-4-12-27-18)20(28-19(14)16)8-10-22(11-9-20)17(23)13-21-29(2,24)25/h3,5,7,15,18,21H,4,6,8-13H2,1-2H3/t15-,18+/m0/s1. The van der Waals surface area contributed by atoms with Gasteiger partial charge in [-0.05, 0) is 18.9 Å². The number of nitrogens with zero attached hydrogens (tertiary/aromatic N) is 1. The number of methoxy groups -OCH3 is 1. The number of rotatable bonds is 4. The number of amides is 1. The van der Waals surface area contributed by atoms with Gasteiger partial charge in [-0.25, -0.2) is 13.1 Å². The summed E-state index contributed by atoms with van der Waals surface area (Å²) in [7, 11) is -1.76. The molecule has 0 unspecified atom stereocenters. The molecule has 1 amide bonds. The summed E-state index contributed by atoms with van der Waals surface area (Å²) in [6.45, 7) is 1.57. The van der Waals surface area contributed by atoms with Crippen LogP contribution in [0.5, 0.6) is 11.5 Å². The molecular weight excluding hydrogens is 396 g/mol. The Morgan fingerprint density at radius 1 is 1.34 bits per heavy atom. The highest BCUT2D eigenvalue weighted by Crippen LogP contribution is 2.55. The summed E-state index contributed by atoms with van der Waals surface area (Å²) in [6.07, 6.45) is 4.39. The first kappa shape index (κ1) is 20.4. The van der Waals surface area contributed by atoms with Gasteiger partial charge in [-0.1, -0.05) is 12.1 Å². The summed E-state index contributed by atoms with van der Waals surface area (Å²) in [5.41, 5.74) is 0.629. The van der Waals surface area contributed by atoms with Crippen LogP contribution < -0.4 is 14.2 Å². The Bertz CT molecular complexity index is 879. The largest absolute Gasteiger partial charge is 0.493 e. The second-order valence-corrected chi connectivity index (χ2v) is 9.89. The Morgan fingerprint density at radius 2 is 2.10 bits per heavy atom. The van der Waals surface area contributed by atoms with Crippen LogP contribution in [0, 0.1) is 5.92 Å². The van der Waals surface area contributed by atoms with Gasteiger partial charge in [0, 0.05) is 44.0 Å². The highest BCUT2D eigenvalue weighted by atomic mass is 32.2. The van der Waals surface area contributed by atoms with Gasteiger partial charge in [-0.2, -0.15) is 0 Å². The average molecular weight is 425 g/mol. The number of ether oxygens (including phenoxy) is 3. The lowest BCUT2D eigenvalue weighted by molar-refractivity contribution is -0.156. The predicted molar refractivity (Wildman–Crippen MR) is 106 cm³/mol. The topological polar surface area (TPSA) is 94.2 Å². The maximum Gasteiger partial charge on any atom is 0.237 e. The van der Waals surface area contributed by atoms with Crippen molar-refractivity contribution in [2.24, 2.45) is 5.92 Å². The highest BCUT2D eigenvalue weighted by molar-refractivity contribution is 7.88. The number of para-hydroxylation sites is 1. The molecule has 3 aliphatic rings. The van der Waals surface area contributed by atoms with E-state index in [-0.39, 0.29) is 24.5 Å². The van der Waals surface area contributed by atoms with E-state index in [1.54, 1.807) is 12.0 Å². The number of hydrogen-bond acceptors (Lipinski definition) is 6. The van der Waals surface area contributed by atoms with E-state index >= 15 is 0 Å². The number of nitrogens with one attached hydrogen (secondary N) is 1. The minimum absolute atomic E-state index is 0.0308. The Balaban J connectivity index is 1.54. The molecule has 0 saturated carbocycles. The van der Waals surface area contributed by atoms with Crippen LogP contribution in [0.2, 0.25) is 0 Å². The molecule has 1 aromatic rings. The second-order valence-electron chi connectivity index (χ2n) is 8.06. The third kappa shape index (κ3) is 3.95. The van der Waals surface area contributed by atoms with E-state index in [1.165, 1.54) is 0 Å². The summed E-state index contributed by atoms with van der Waals surface area (Å²) in [5.74, 6) is 1.46. The molecule has 0 aliphatic carbocycles. The molecule has 1 aromatic carbocycles. The Kier molecular flexibility index (Phi) is 5.48. The Hall–Kier alpha value is -1.84. The maximum atomic E-state index is 12.4. The van der Waals surface area contributed by atoms with Gasteiger partial charge in [0.1, 0.15) is 5.60 Å². The highest BCUT2D eigenvalue weighted by Gasteiger charge is 2.53. The van der Waals surface area contributed by atoms with Crippen molar-refractivity contribution in [1.82, 2.24) is 9.62 Å². The van der Waals surface area contributed by atoms with Gasteiger partial charge in [0.2, 0.25) is 15.9 Å². The molecule has 2 atom stereocenters. The van der Waals surface area contributed by atoms with Crippen LogP contribution in [0.15, 0.2) is 18.2 Å². The lowest BCUT2D eigenvalue weighted by atomic mass is 9.70. The van der Waals surface area contributed by atoms with E-state index in [0.717, 1.165) is 37.0 Å². The first-order valence-corrected chi connectivity index (χ1v) is 11.9. The van der Waals surface area contributed by atoms with Gasteiger partial charge < -0.3 is 19.1 Å². The molecule has 0 radical (unpaired) electrons. The lowest BCUT2D eigenvalue weighted by Gasteiger charge is -2.53. The molecule has 4 rings (SSSR count). The lowest BCUT2D eigenvalue weighted by Crippen LogP contribution is -2.58. The summed E-state index contributed by atoms with van der Waals surface area (Å²) in [6, 6.07) is 5.90. The molecule has 0 bridgehead atoms. The molecule has 1 N–H and O–H groups in total. The van der Waals surface area contributed by atoms with Crippen molar-refractivity contribution in [3.8, 4) is 11.5 Å². The molecule has 2 saturated heterocycles. The normalized spacial score (nSPS) is 25.7. The molecule has 2 fully saturated rings. The van der Waals surface area contributed by atoms with Crippen LogP contribution in [0.1, 0.15) is 37.4 Å². The summed E-state index contributed by atoms with van der Waals surface area (Å²) in [4.78, 5) is 14.1.